The molecule has 0 fully saturated rings. The molecule has 0 saturated carbocycles. The Morgan fingerprint density at radius 2 is 1.71 bits per heavy atom. The minimum absolute atomic E-state index is 0.511. The quantitative estimate of drug-likeness (QED) is 0.829. The summed E-state index contributed by atoms with van der Waals surface area (Å²) in [6.45, 7) is 5.01. The molecule has 1 aromatic heterocycles. The summed E-state index contributed by atoms with van der Waals surface area (Å²) in [4.78, 5) is 4.20. The Morgan fingerprint density at radius 1 is 1.06 bits per heavy atom. The van der Waals surface area contributed by atoms with Gasteiger partial charge in [0.1, 0.15) is 11.0 Å². The van der Waals surface area contributed by atoms with Crippen LogP contribution in [0.5, 0.6) is 0 Å². The number of benzene rings is 1. The summed E-state index contributed by atoms with van der Waals surface area (Å²) in [5.41, 5.74) is 3.90. The molecule has 2 rings (SSSR count). The summed E-state index contributed by atoms with van der Waals surface area (Å²) in [7, 11) is 0. The summed E-state index contributed by atoms with van der Waals surface area (Å²) in [6, 6.07) is 11.9. The lowest BCUT2D eigenvalue weighted by molar-refractivity contribution is 1.07. The number of pyridine rings is 1. The lowest BCUT2D eigenvalue weighted by Crippen LogP contribution is -2.04. The third kappa shape index (κ3) is 2.98. The van der Waals surface area contributed by atoms with Gasteiger partial charge in [0.2, 0.25) is 0 Å². The lowest BCUT2D eigenvalue weighted by atomic mass is 10.0. The number of rotatable bonds is 3. The van der Waals surface area contributed by atoms with Gasteiger partial charge in [0, 0.05) is 6.54 Å². The van der Waals surface area contributed by atoms with Gasteiger partial charge in [-0.2, -0.15) is 0 Å². The van der Waals surface area contributed by atoms with E-state index in [1.54, 1.807) is 6.07 Å². The highest BCUT2D eigenvalue weighted by Gasteiger charge is 2.02. The Labute approximate surface area is 107 Å². The fourth-order valence-corrected chi connectivity index (χ4v) is 1.98. The second kappa shape index (κ2) is 5.19. The van der Waals surface area contributed by atoms with Gasteiger partial charge in [-0.1, -0.05) is 35.9 Å². The molecule has 88 valence electrons. The molecule has 0 unspecified atom stereocenters. The third-order valence-corrected chi connectivity index (χ3v) is 3.02. The van der Waals surface area contributed by atoms with Crippen molar-refractivity contribution in [3.8, 4) is 0 Å². The van der Waals surface area contributed by atoms with Crippen LogP contribution >= 0.6 is 11.6 Å². The first-order chi connectivity index (χ1) is 8.16. The van der Waals surface area contributed by atoms with E-state index in [0.29, 0.717) is 5.15 Å². The molecule has 0 aliphatic rings. The van der Waals surface area contributed by atoms with Crippen molar-refractivity contribution >= 4 is 17.4 Å². The van der Waals surface area contributed by atoms with Crippen LogP contribution in [-0.2, 0) is 6.54 Å². The van der Waals surface area contributed by atoms with Crippen molar-refractivity contribution in [2.24, 2.45) is 0 Å². The second-order valence-corrected chi connectivity index (χ2v) is 4.46. The standard InChI is InChI=1S/C14H15ClN2/c1-10-5-3-6-11(2)12(10)9-16-14-8-4-7-13(15)17-14/h3-8H,9H2,1-2H3,(H,16,17). The first kappa shape index (κ1) is 11.9. The van der Waals surface area contributed by atoms with Gasteiger partial charge in [-0.25, -0.2) is 4.98 Å². The van der Waals surface area contributed by atoms with Crippen LogP contribution in [-0.4, -0.2) is 4.98 Å². The van der Waals surface area contributed by atoms with Crippen LogP contribution in [0, 0.1) is 13.8 Å². The number of nitrogens with zero attached hydrogens (tertiary/aromatic N) is 1. The van der Waals surface area contributed by atoms with E-state index >= 15 is 0 Å². The van der Waals surface area contributed by atoms with Crippen LogP contribution in [0.15, 0.2) is 36.4 Å². The second-order valence-electron chi connectivity index (χ2n) is 4.07. The molecule has 0 aliphatic carbocycles. The first-order valence-corrected chi connectivity index (χ1v) is 5.96. The SMILES string of the molecule is Cc1cccc(C)c1CNc1cccc(Cl)n1. The molecule has 1 heterocycles. The van der Waals surface area contributed by atoms with Crippen molar-refractivity contribution in [1.82, 2.24) is 4.98 Å². The summed E-state index contributed by atoms with van der Waals surface area (Å²) in [6.07, 6.45) is 0. The number of hydrogen-bond donors (Lipinski definition) is 1. The van der Waals surface area contributed by atoms with Crippen LogP contribution < -0.4 is 5.32 Å². The monoisotopic (exact) mass is 246 g/mol. The summed E-state index contributed by atoms with van der Waals surface area (Å²) in [5.74, 6) is 0.806. The molecule has 2 nitrogen and oxygen atoms in total. The van der Waals surface area contributed by atoms with Crippen LogP contribution in [0.2, 0.25) is 5.15 Å². The summed E-state index contributed by atoms with van der Waals surface area (Å²) >= 11 is 5.84. The Hall–Kier alpha value is -1.54. The number of nitrogens with one attached hydrogen (secondary N) is 1. The Kier molecular flexibility index (Phi) is 3.64. The summed E-state index contributed by atoms with van der Waals surface area (Å²) in [5, 5.41) is 3.80. The van der Waals surface area contributed by atoms with Crippen LogP contribution in [0.1, 0.15) is 16.7 Å². The van der Waals surface area contributed by atoms with Gasteiger partial charge in [-0.05, 0) is 42.7 Å². The fraction of sp³-hybridized carbons (Fsp3) is 0.214. The molecule has 0 amide bonds. The predicted octanol–water partition coefficient (Wildman–Crippen LogP) is 3.96. The highest BCUT2D eigenvalue weighted by atomic mass is 35.5. The van der Waals surface area contributed by atoms with Crippen molar-refractivity contribution in [3.05, 3.63) is 58.2 Å². The first-order valence-electron chi connectivity index (χ1n) is 5.58. The van der Waals surface area contributed by atoms with Crippen LogP contribution in [0.4, 0.5) is 5.82 Å². The van der Waals surface area contributed by atoms with E-state index in [1.165, 1.54) is 16.7 Å². The minimum Gasteiger partial charge on any atom is -0.366 e. The van der Waals surface area contributed by atoms with E-state index in [9.17, 15) is 0 Å². The van der Waals surface area contributed by atoms with Gasteiger partial charge in [0.05, 0.1) is 0 Å². The molecule has 0 radical (unpaired) electrons. The van der Waals surface area contributed by atoms with Crippen LogP contribution in [0.25, 0.3) is 0 Å². The molecule has 17 heavy (non-hydrogen) atoms. The zero-order chi connectivity index (χ0) is 12.3. The van der Waals surface area contributed by atoms with Gasteiger partial charge in [0.15, 0.2) is 0 Å². The molecule has 0 atom stereocenters. The topological polar surface area (TPSA) is 24.9 Å². The van der Waals surface area contributed by atoms with Gasteiger partial charge < -0.3 is 5.32 Å². The average Bonchev–Trinajstić information content (AvgIpc) is 2.28. The average molecular weight is 247 g/mol. The number of halogens is 1. The molecule has 1 N–H and O–H groups in total. The van der Waals surface area contributed by atoms with Crippen molar-refractivity contribution in [2.45, 2.75) is 20.4 Å². The molecule has 0 aliphatic heterocycles. The largest absolute Gasteiger partial charge is 0.366 e. The number of hydrogen-bond acceptors (Lipinski definition) is 2. The summed E-state index contributed by atoms with van der Waals surface area (Å²) < 4.78 is 0. The van der Waals surface area contributed by atoms with Crippen LogP contribution in [0.3, 0.4) is 0 Å². The fourth-order valence-electron chi connectivity index (χ4n) is 1.81. The van der Waals surface area contributed by atoms with Gasteiger partial charge in [-0.15, -0.1) is 0 Å². The van der Waals surface area contributed by atoms with Crippen molar-refractivity contribution in [2.75, 3.05) is 5.32 Å². The molecule has 0 bridgehead atoms. The number of anilines is 1. The zero-order valence-corrected chi connectivity index (χ0v) is 10.8. The third-order valence-electron chi connectivity index (χ3n) is 2.81. The van der Waals surface area contributed by atoms with E-state index in [-0.39, 0.29) is 0 Å². The predicted molar refractivity (Wildman–Crippen MR) is 72.5 cm³/mol. The molecule has 3 heteroatoms. The number of aryl methyl sites for hydroxylation is 2. The van der Waals surface area contributed by atoms with E-state index in [0.717, 1.165) is 12.4 Å². The Morgan fingerprint density at radius 3 is 2.35 bits per heavy atom. The van der Waals surface area contributed by atoms with E-state index in [2.05, 4.69) is 42.3 Å². The van der Waals surface area contributed by atoms with E-state index < -0.39 is 0 Å². The smallest absolute Gasteiger partial charge is 0.131 e. The van der Waals surface area contributed by atoms with Crippen molar-refractivity contribution in [1.29, 1.82) is 0 Å². The normalized spacial score (nSPS) is 10.3. The Balaban J connectivity index is 2.13. The lowest BCUT2D eigenvalue weighted by Gasteiger charge is -2.11. The molecular weight excluding hydrogens is 232 g/mol. The maximum atomic E-state index is 5.84. The Bertz CT molecular complexity index is 503. The van der Waals surface area contributed by atoms with E-state index in [1.807, 2.05) is 12.1 Å². The molecule has 0 saturated heterocycles. The molecule has 2 aromatic rings. The van der Waals surface area contributed by atoms with Gasteiger partial charge in [0.25, 0.3) is 0 Å². The van der Waals surface area contributed by atoms with Crippen molar-refractivity contribution in [3.63, 3.8) is 0 Å². The van der Waals surface area contributed by atoms with Gasteiger partial charge >= 0.3 is 0 Å². The molecule has 1 aromatic carbocycles. The molecule has 0 spiro atoms. The number of aromatic nitrogens is 1. The minimum atomic E-state index is 0.511. The molecular formula is C14H15ClN2. The van der Waals surface area contributed by atoms with Gasteiger partial charge in [-0.3, -0.25) is 0 Å². The van der Waals surface area contributed by atoms with Crippen molar-refractivity contribution < 1.29 is 0 Å². The highest BCUT2D eigenvalue weighted by molar-refractivity contribution is 6.29. The maximum absolute atomic E-state index is 5.84. The maximum Gasteiger partial charge on any atom is 0.131 e. The van der Waals surface area contributed by atoms with E-state index in [4.69, 9.17) is 11.6 Å². The highest BCUT2D eigenvalue weighted by Crippen LogP contribution is 2.16. The zero-order valence-electron chi connectivity index (χ0n) is 10.00.